The first-order valence-corrected chi connectivity index (χ1v) is 22.6. The van der Waals surface area contributed by atoms with E-state index in [4.69, 9.17) is 14.0 Å². The van der Waals surface area contributed by atoms with Gasteiger partial charge in [-0.15, -0.1) is 0 Å². The van der Waals surface area contributed by atoms with Crippen molar-refractivity contribution in [2.45, 2.75) is 180 Å². The summed E-state index contributed by atoms with van der Waals surface area (Å²) in [6.07, 6.45) is 51.0. The standard InChI is InChI=1S/C45H77O8P/c1-4-6-8-10-12-14-16-18-20-22-24-25-27-29-31-33-35-37-39-44(46)51-41-43(42-52-54(48,49)50-3)53-45(47)40-38-36-34-32-30-28-26-23-21-19-17-15-13-11-9-7-5-2/h7,9,13,15,19-22,26,28,32,34,43H,4-6,8,10-12,14,16-18,23-25,27,29-31,33,35-42H2,1-3H3,(H,48,49)/b9-7-,15-13-,21-19-,22-20-,28-26-,34-32-. The minimum Gasteiger partial charge on any atom is -0.462 e. The molecule has 8 nitrogen and oxygen atoms in total. The third-order valence-corrected chi connectivity index (χ3v) is 9.62. The molecule has 0 saturated carbocycles. The normalized spacial score (nSPS) is 14.1. The van der Waals surface area contributed by atoms with Crippen molar-refractivity contribution in [2.75, 3.05) is 20.3 Å². The van der Waals surface area contributed by atoms with Gasteiger partial charge in [0, 0.05) is 20.0 Å². The van der Waals surface area contributed by atoms with E-state index in [1.807, 2.05) is 6.08 Å². The Morgan fingerprint density at radius 3 is 1.48 bits per heavy atom. The molecule has 0 aromatic heterocycles. The Bertz CT molecular complexity index is 1110. The van der Waals surface area contributed by atoms with Crippen LogP contribution in [0.3, 0.4) is 0 Å². The number of hydrogen-bond donors (Lipinski definition) is 1. The lowest BCUT2D eigenvalue weighted by atomic mass is 10.1. The second kappa shape index (κ2) is 40.2. The Morgan fingerprint density at radius 2 is 0.963 bits per heavy atom. The number of unbranched alkanes of at least 4 members (excludes halogenated alkanes) is 15. The van der Waals surface area contributed by atoms with Crippen molar-refractivity contribution in [2.24, 2.45) is 0 Å². The molecule has 1 N–H and O–H groups in total. The average molecular weight is 777 g/mol. The zero-order valence-electron chi connectivity index (χ0n) is 34.3. The Labute approximate surface area is 330 Å². The molecular weight excluding hydrogens is 699 g/mol. The highest BCUT2D eigenvalue weighted by Crippen LogP contribution is 2.42. The minimum atomic E-state index is -4.28. The Kier molecular flexibility index (Phi) is 38.3. The third-order valence-electron chi connectivity index (χ3n) is 8.68. The molecule has 2 unspecified atom stereocenters. The van der Waals surface area contributed by atoms with Gasteiger partial charge >= 0.3 is 19.8 Å². The lowest BCUT2D eigenvalue weighted by molar-refractivity contribution is -0.161. The number of hydrogen-bond acceptors (Lipinski definition) is 7. The molecule has 0 aromatic carbocycles. The molecule has 0 aliphatic rings. The fraction of sp³-hybridized carbons (Fsp3) is 0.689. The SMILES string of the molecule is CC/C=C\C/C=C\C/C=C\C/C=C\C/C=C\CCCC(=O)OC(COC(=O)CCCCCCCCC/C=C\CCCCCCCCC)COP(=O)(O)OC. The molecule has 0 aliphatic carbocycles. The Morgan fingerprint density at radius 1 is 0.537 bits per heavy atom. The summed E-state index contributed by atoms with van der Waals surface area (Å²) in [5.74, 6) is -0.881. The molecule has 0 fully saturated rings. The van der Waals surface area contributed by atoms with Gasteiger partial charge < -0.3 is 14.4 Å². The number of carbonyl (C=O) groups excluding carboxylic acids is 2. The van der Waals surface area contributed by atoms with E-state index in [-0.39, 0.29) is 19.4 Å². The van der Waals surface area contributed by atoms with Gasteiger partial charge in [-0.1, -0.05) is 157 Å². The van der Waals surface area contributed by atoms with Crippen molar-refractivity contribution >= 4 is 19.8 Å². The monoisotopic (exact) mass is 777 g/mol. The smallest absolute Gasteiger partial charge is 0.462 e. The van der Waals surface area contributed by atoms with E-state index in [0.29, 0.717) is 12.8 Å². The summed E-state index contributed by atoms with van der Waals surface area (Å²) in [6.45, 7) is 3.72. The summed E-state index contributed by atoms with van der Waals surface area (Å²) in [5, 5.41) is 0. The average Bonchev–Trinajstić information content (AvgIpc) is 3.16. The van der Waals surface area contributed by atoms with Gasteiger partial charge in [-0.25, -0.2) is 4.57 Å². The fourth-order valence-corrected chi connectivity index (χ4v) is 5.91. The van der Waals surface area contributed by atoms with Crippen molar-refractivity contribution in [1.29, 1.82) is 0 Å². The Balaban J connectivity index is 4.11. The van der Waals surface area contributed by atoms with Crippen molar-refractivity contribution in [3.05, 3.63) is 72.9 Å². The highest BCUT2D eigenvalue weighted by Gasteiger charge is 2.24. The highest BCUT2D eigenvalue weighted by molar-refractivity contribution is 7.47. The molecule has 0 aliphatic heterocycles. The van der Waals surface area contributed by atoms with Crippen LogP contribution >= 0.6 is 7.82 Å². The summed E-state index contributed by atoms with van der Waals surface area (Å²) >= 11 is 0. The van der Waals surface area contributed by atoms with Crippen LogP contribution < -0.4 is 0 Å². The van der Waals surface area contributed by atoms with E-state index in [9.17, 15) is 19.0 Å². The van der Waals surface area contributed by atoms with Crippen LogP contribution in [0.15, 0.2) is 72.9 Å². The molecule has 0 spiro atoms. The molecule has 0 saturated heterocycles. The fourth-order valence-electron chi connectivity index (χ4n) is 5.45. The van der Waals surface area contributed by atoms with Crippen LogP contribution in [0.1, 0.15) is 174 Å². The minimum absolute atomic E-state index is 0.163. The van der Waals surface area contributed by atoms with Gasteiger partial charge in [0.1, 0.15) is 6.61 Å². The maximum Gasteiger partial charge on any atom is 0.472 e. The van der Waals surface area contributed by atoms with Crippen LogP contribution in [0, 0.1) is 0 Å². The number of phosphoric ester groups is 1. The molecule has 0 heterocycles. The van der Waals surface area contributed by atoms with E-state index >= 15 is 0 Å². The maximum absolute atomic E-state index is 12.5. The van der Waals surface area contributed by atoms with Crippen LogP contribution in [0.5, 0.6) is 0 Å². The largest absolute Gasteiger partial charge is 0.472 e. The van der Waals surface area contributed by atoms with Gasteiger partial charge in [-0.2, -0.15) is 0 Å². The third kappa shape index (κ3) is 39.2. The van der Waals surface area contributed by atoms with Gasteiger partial charge in [-0.05, 0) is 77.0 Å². The van der Waals surface area contributed by atoms with Crippen LogP contribution in [0.4, 0.5) is 0 Å². The lowest BCUT2D eigenvalue weighted by Gasteiger charge is -2.19. The molecule has 0 amide bonds. The highest BCUT2D eigenvalue weighted by atomic mass is 31.2. The predicted molar refractivity (Wildman–Crippen MR) is 225 cm³/mol. The number of allylic oxidation sites excluding steroid dienone is 12. The van der Waals surface area contributed by atoms with Crippen LogP contribution in [0.25, 0.3) is 0 Å². The quantitative estimate of drug-likeness (QED) is 0.0286. The molecule has 0 bridgehead atoms. The summed E-state index contributed by atoms with van der Waals surface area (Å²) in [4.78, 5) is 34.4. The van der Waals surface area contributed by atoms with Crippen molar-refractivity contribution in [3.63, 3.8) is 0 Å². The zero-order chi connectivity index (χ0) is 39.6. The molecule has 54 heavy (non-hydrogen) atoms. The van der Waals surface area contributed by atoms with Crippen molar-refractivity contribution in [3.8, 4) is 0 Å². The van der Waals surface area contributed by atoms with Crippen LogP contribution in [-0.2, 0) is 32.7 Å². The van der Waals surface area contributed by atoms with Gasteiger partial charge in [0.15, 0.2) is 6.10 Å². The van der Waals surface area contributed by atoms with Gasteiger partial charge in [0.05, 0.1) is 6.61 Å². The first-order valence-electron chi connectivity index (χ1n) is 21.1. The second-order valence-electron chi connectivity index (χ2n) is 13.7. The first kappa shape index (κ1) is 51.5. The summed E-state index contributed by atoms with van der Waals surface area (Å²) in [6, 6.07) is 0. The van der Waals surface area contributed by atoms with Crippen molar-refractivity contribution in [1.82, 2.24) is 0 Å². The number of phosphoric acid groups is 1. The van der Waals surface area contributed by atoms with Gasteiger partial charge in [0.25, 0.3) is 0 Å². The summed E-state index contributed by atoms with van der Waals surface area (Å²) in [7, 11) is -3.23. The molecule has 2 atom stereocenters. The summed E-state index contributed by atoms with van der Waals surface area (Å²) in [5.41, 5.74) is 0. The predicted octanol–water partition coefficient (Wildman–Crippen LogP) is 13.3. The zero-order valence-corrected chi connectivity index (χ0v) is 35.2. The number of esters is 2. The molecular formula is C45H77O8P. The molecule has 0 rings (SSSR count). The lowest BCUT2D eigenvalue weighted by Crippen LogP contribution is -2.29. The van der Waals surface area contributed by atoms with E-state index in [2.05, 4.69) is 85.2 Å². The Hall–Kier alpha value is -2.51. The summed E-state index contributed by atoms with van der Waals surface area (Å²) < 4.78 is 31.9. The van der Waals surface area contributed by atoms with E-state index in [1.165, 1.54) is 70.6 Å². The molecule has 9 heteroatoms. The molecule has 0 radical (unpaired) electrons. The molecule has 310 valence electrons. The van der Waals surface area contributed by atoms with Crippen molar-refractivity contribution < 1.29 is 37.6 Å². The van der Waals surface area contributed by atoms with Gasteiger partial charge in [0.2, 0.25) is 0 Å². The molecule has 0 aromatic rings. The van der Waals surface area contributed by atoms with E-state index in [0.717, 1.165) is 71.3 Å². The first-order chi connectivity index (χ1) is 26.3. The topological polar surface area (TPSA) is 108 Å². The number of rotatable bonds is 38. The number of ether oxygens (including phenoxy) is 2. The van der Waals surface area contributed by atoms with E-state index in [1.54, 1.807) is 0 Å². The van der Waals surface area contributed by atoms with Crippen LogP contribution in [0.2, 0.25) is 0 Å². The number of carbonyl (C=O) groups is 2. The van der Waals surface area contributed by atoms with Crippen LogP contribution in [-0.4, -0.2) is 43.3 Å². The van der Waals surface area contributed by atoms with E-state index < -0.39 is 32.5 Å². The second-order valence-corrected chi connectivity index (χ2v) is 15.3. The maximum atomic E-state index is 12.5. The van der Waals surface area contributed by atoms with Gasteiger partial charge in [-0.3, -0.25) is 18.6 Å².